The molecule has 1 atom stereocenters. The monoisotopic (exact) mass is 360 g/mol. The van der Waals surface area contributed by atoms with Crippen molar-refractivity contribution < 1.29 is 4.74 Å². The average Bonchev–Trinajstić information content (AvgIpc) is 3.17. The molecular formula is C20H20N6O. The van der Waals surface area contributed by atoms with Gasteiger partial charge in [0, 0.05) is 17.5 Å². The molecule has 0 aliphatic carbocycles. The normalized spacial score (nSPS) is 12.1. The van der Waals surface area contributed by atoms with Crippen LogP contribution < -0.4 is 10.1 Å². The molecule has 3 aromatic heterocycles. The Morgan fingerprint density at radius 1 is 1.11 bits per heavy atom. The van der Waals surface area contributed by atoms with Crippen molar-refractivity contribution in [2.24, 2.45) is 0 Å². The first-order valence-corrected chi connectivity index (χ1v) is 8.68. The van der Waals surface area contributed by atoms with Gasteiger partial charge in [-0.2, -0.15) is 9.61 Å². The first-order valence-electron chi connectivity index (χ1n) is 8.68. The van der Waals surface area contributed by atoms with Gasteiger partial charge in [0.2, 0.25) is 5.65 Å². The van der Waals surface area contributed by atoms with Gasteiger partial charge in [-0.3, -0.25) is 4.98 Å². The van der Waals surface area contributed by atoms with Crippen LogP contribution in [0.1, 0.15) is 24.2 Å². The van der Waals surface area contributed by atoms with E-state index in [1.807, 2.05) is 49.5 Å². The van der Waals surface area contributed by atoms with Crippen LogP contribution in [0.15, 0.2) is 55.0 Å². The summed E-state index contributed by atoms with van der Waals surface area (Å²) in [5.74, 6) is 0.808. The molecule has 0 amide bonds. The van der Waals surface area contributed by atoms with E-state index in [9.17, 15) is 0 Å². The Balaban J connectivity index is 1.70. The van der Waals surface area contributed by atoms with Gasteiger partial charge >= 0.3 is 0 Å². The number of anilines is 1. The fraction of sp³-hybridized carbons (Fsp3) is 0.200. The number of nitrogens with zero attached hydrogens (tertiary/aromatic N) is 5. The summed E-state index contributed by atoms with van der Waals surface area (Å²) in [4.78, 5) is 4.38. The first kappa shape index (κ1) is 17.0. The lowest BCUT2D eigenvalue weighted by Gasteiger charge is -2.16. The molecule has 0 saturated carbocycles. The Bertz CT molecular complexity index is 1060. The second kappa shape index (κ2) is 7.03. The lowest BCUT2D eigenvalue weighted by molar-refractivity contribution is 0.415. The van der Waals surface area contributed by atoms with E-state index in [0.717, 1.165) is 34.0 Å². The Kier molecular flexibility index (Phi) is 4.42. The minimum absolute atomic E-state index is 0.0599. The maximum absolute atomic E-state index is 5.23. The number of aromatic nitrogens is 5. The number of ether oxygens (including phenoxy) is 1. The molecule has 0 fully saturated rings. The molecule has 1 aromatic carbocycles. The van der Waals surface area contributed by atoms with Gasteiger partial charge in [-0.05, 0) is 55.8 Å². The summed E-state index contributed by atoms with van der Waals surface area (Å²) in [5, 5.41) is 16.3. The van der Waals surface area contributed by atoms with E-state index in [-0.39, 0.29) is 6.04 Å². The number of hydrogen-bond acceptors (Lipinski definition) is 6. The molecule has 27 heavy (non-hydrogen) atoms. The molecule has 3 heterocycles. The summed E-state index contributed by atoms with van der Waals surface area (Å²) >= 11 is 0. The van der Waals surface area contributed by atoms with Gasteiger partial charge in [0.1, 0.15) is 12.1 Å². The Labute approximate surface area is 157 Å². The zero-order chi connectivity index (χ0) is 18.8. The van der Waals surface area contributed by atoms with E-state index < -0.39 is 0 Å². The van der Waals surface area contributed by atoms with Gasteiger partial charge in [0.25, 0.3) is 0 Å². The highest BCUT2D eigenvalue weighted by molar-refractivity contribution is 5.73. The van der Waals surface area contributed by atoms with Gasteiger partial charge < -0.3 is 10.1 Å². The van der Waals surface area contributed by atoms with Crippen molar-refractivity contribution in [2.45, 2.75) is 19.9 Å². The molecule has 0 saturated heterocycles. The number of hydrogen-bond donors (Lipinski definition) is 1. The predicted molar refractivity (Wildman–Crippen MR) is 104 cm³/mol. The van der Waals surface area contributed by atoms with Crippen LogP contribution in [0.25, 0.3) is 16.9 Å². The van der Waals surface area contributed by atoms with Crippen molar-refractivity contribution in [2.75, 3.05) is 12.4 Å². The fourth-order valence-corrected chi connectivity index (χ4v) is 2.89. The van der Waals surface area contributed by atoms with Crippen molar-refractivity contribution in [1.82, 2.24) is 24.8 Å². The number of fused-ring (bicyclic) bond motifs is 1. The van der Waals surface area contributed by atoms with Crippen molar-refractivity contribution in [3.63, 3.8) is 0 Å². The molecule has 0 bridgehead atoms. The average molecular weight is 360 g/mol. The minimum Gasteiger partial charge on any atom is -0.497 e. The molecule has 4 aromatic rings. The van der Waals surface area contributed by atoms with E-state index in [1.54, 1.807) is 18.0 Å². The van der Waals surface area contributed by atoms with Crippen molar-refractivity contribution in [3.05, 3.63) is 66.2 Å². The van der Waals surface area contributed by atoms with E-state index in [4.69, 9.17) is 4.74 Å². The van der Waals surface area contributed by atoms with Crippen LogP contribution in [0.4, 0.5) is 5.69 Å². The van der Waals surface area contributed by atoms with E-state index in [0.29, 0.717) is 5.65 Å². The molecule has 1 N–H and O–H groups in total. The molecule has 136 valence electrons. The Morgan fingerprint density at radius 2 is 1.93 bits per heavy atom. The predicted octanol–water partition coefficient (Wildman–Crippen LogP) is 3.68. The largest absolute Gasteiger partial charge is 0.497 e. The third kappa shape index (κ3) is 3.44. The lowest BCUT2D eigenvalue weighted by Crippen LogP contribution is -2.09. The quantitative estimate of drug-likeness (QED) is 0.585. The maximum atomic E-state index is 5.23. The summed E-state index contributed by atoms with van der Waals surface area (Å²) < 4.78 is 6.92. The highest BCUT2D eigenvalue weighted by Gasteiger charge is 2.13. The van der Waals surface area contributed by atoms with E-state index in [2.05, 4.69) is 38.6 Å². The topological polar surface area (TPSA) is 77.2 Å². The van der Waals surface area contributed by atoms with Gasteiger partial charge in [-0.15, -0.1) is 10.2 Å². The van der Waals surface area contributed by atoms with E-state index in [1.165, 1.54) is 0 Å². The summed E-state index contributed by atoms with van der Waals surface area (Å²) in [6, 6.07) is 13.9. The summed E-state index contributed by atoms with van der Waals surface area (Å²) in [6.45, 7) is 4.07. The standard InChI is InChI=1S/C20H20N6O/c1-13-4-5-16(11-21-13)14(2)23-19-10-18(25-26-12-22-24-20(19)26)15-6-8-17(27-3)9-7-15/h4-12,14,23H,1-3H3. The van der Waals surface area contributed by atoms with Gasteiger partial charge in [-0.25, -0.2) is 0 Å². The van der Waals surface area contributed by atoms with Crippen LogP contribution in [0.5, 0.6) is 5.75 Å². The van der Waals surface area contributed by atoms with Crippen LogP contribution in [0, 0.1) is 6.92 Å². The fourth-order valence-electron chi connectivity index (χ4n) is 2.89. The van der Waals surface area contributed by atoms with Crippen LogP contribution in [-0.4, -0.2) is 31.9 Å². The highest BCUT2D eigenvalue weighted by atomic mass is 16.5. The number of benzene rings is 1. The summed E-state index contributed by atoms with van der Waals surface area (Å²) in [5.41, 5.74) is 5.44. The van der Waals surface area contributed by atoms with Gasteiger partial charge in [0.05, 0.1) is 24.5 Å². The van der Waals surface area contributed by atoms with Crippen LogP contribution >= 0.6 is 0 Å². The molecular weight excluding hydrogens is 340 g/mol. The molecule has 0 radical (unpaired) electrons. The Hall–Kier alpha value is -3.48. The third-order valence-electron chi connectivity index (χ3n) is 4.46. The number of methoxy groups -OCH3 is 1. The molecule has 7 nitrogen and oxygen atoms in total. The second-order valence-corrected chi connectivity index (χ2v) is 6.37. The lowest BCUT2D eigenvalue weighted by atomic mass is 10.1. The smallest absolute Gasteiger partial charge is 0.200 e. The van der Waals surface area contributed by atoms with Gasteiger partial charge in [0.15, 0.2) is 0 Å². The molecule has 1 unspecified atom stereocenters. The van der Waals surface area contributed by atoms with Gasteiger partial charge in [-0.1, -0.05) is 6.07 Å². The number of nitrogens with one attached hydrogen (secondary N) is 1. The SMILES string of the molecule is COc1ccc(-c2cc(NC(C)c3ccc(C)nc3)c3nncn3n2)cc1. The van der Waals surface area contributed by atoms with Crippen molar-refractivity contribution in [3.8, 4) is 17.0 Å². The zero-order valence-corrected chi connectivity index (χ0v) is 15.4. The molecule has 7 heteroatoms. The maximum Gasteiger partial charge on any atom is 0.200 e. The molecule has 0 aliphatic heterocycles. The molecule has 0 spiro atoms. The number of pyridine rings is 1. The van der Waals surface area contributed by atoms with Crippen molar-refractivity contribution >= 4 is 11.3 Å². The summed E-state index contributed by atoms with van der Waals surface area (Å²) in [7, 11) is 1.65. The highest BCUT2D eigenvalue weighted by Crippen LogP contribution is 2.27. The molecule has 4 rings (SSSR count). The van der Waals surface area contributed by atoms with Crippen LogP contribution in [0.2, 0.25) is 0 Å². The first-order chi connectivity index (χ1) is 13.1. The molecule has 0 aliphatic rings. The number of aryl methyl sites for hydroxylation is 1. The van der Waals surface area contributed by atoms with Crippen molar-refractivity contribution in [1.29, 1.82) is 0 Å². The zero-order valence-electron chi connectivity index (χ0n) is 15.4. The van der Waals surface area contributed by atoms with Crippen LogP contribution in [-0.2, 0) is 0 Å². The minimum atomic E-state index is 0.0599. The third-order valence-corrected chi connectivity index (χ3v) is 4.46. The van der Waals surface area contributed by atoms with E-state index >= 15 is 0 Å². The van der Waals surface area contributed by atoms with Crippen LogP contribution in [0.3, 0.4) is 0 Å². The second-order valence-electron chi connectivity index (χ2n) is 6.37. The number of rotatable bonds is 5. The Morgan fingerprint density at radius 3 is 2.63 bits per heavy atom. The summed E-state index contributed by atoms with van der Waals surface area (Å²) in [6.07, 6.45) is 3.49.